The molecule has 0 radical (unpaired) electrons. The van der Waals surface area contributed by atoms with Gasteiger partial charge in [-0.15, -0.1) is 0 Å². The molecule has 0 atom stereocenters. The fourth-order valence-electron chi connectivity index (χ4n) is 6.87. The second kappa shape index (κ2) is 9.44. The van der Waals surface area contributed by atoms with Crippen LogP contribution in [0.25, 0.3) is 87.6 Å². The van der Waals surface area contributed by atoms with E-state index in [1.807, 2.05) is 30.3 Å². The fraction of sp³-hybridized carbons (Fsp3) is 0. The minimum absolute atomic E-state index is 0.534. The first kappa shape index (κ1) is 23.0. The lowest BCUT2D eigenvalue weighted by molar-refractivity contribution is 0.669. The highest BCUT2D eigenvalue weighted by atomic mass is 16.3. The number of fused-ring (bicyclic) bond motifs is 6. The lowest BCUT2D eigenvalue weighted by atomic mass is 9.84. The summed E-state index contributed by atoms with van der Waals surface area (Å²) in [5.74, 6) is 0. The molecule has 0 aliphatic heterocycles. The van der Waals surface area contributed by atoms with Crippen LogP contribution in [0.5, 0.6) is 0 Å². The van der Waals surface area contributed by atoms with E-state index >= 15 is 0 Å². The molecule has 8 aromatic carbocycles. The van der Waals surface area contributed by atoms with E-state index in [-0.39, 0.29) is 0 Å². The van der Waals surface area contributed by atoms with Crippen LogP contribution in [0.15, 0.2) is 162 Å². The quantitative estimate of drug-likeness (QED) is 0.201. The summed E-state index contributed by atoms with van der Waals surface area (Å²) in [6.07, 6.45) is 0. The van der Waals surface area contributed by atoms with E-state index in [1.165, 1.54) is 54.9 Å². The van der Waals surface area contributed by atoms with E-state index in [4.69, 9.17) is 5.79 Å². The standard InChI is InChI=1S/C42H26O/c1-2-12-28-25-30(24-23-27(28)11-1)29-13-9-14-31(26-29)40-32-15-3-5-17-34(32)41(35-18-6-4-16-33(35)40)37-20-10-22-39-42(37)36-19-7-8-21-38(36)43-39/h1-26H/i1D. The first-order chi connectivity index (χ1) is 21.7. The Morgan fingerprint density at radius 1 is 0.395 bits per heavy atom. The number of hydrogen-bond donors (Lipinski definition) is 0. The Labute approximate surface area is 250 Å². The second-order valence-corrected chi connectivity index (χ2v) is 11.2. The first-order valence-electron chi connectivity index (χ1n) is 15.2. The Kier molecular flexibility index (Phi) is 5.04. The van der Waals surface area contributed by atoms with Gasteiger partial charge in [0.1, 0.15) is 11.2 Å². The summed E-state index contributed by atoms with van der Waals surface area (Å²) in [6, 6.07) is 54.1. The van der Waals surface area contributed by atoms with Crippen molar-refractivity contribution in [3.05, 3.63) is 158 Å². The molecule has 0 unspecified atom stereocenters. The third kappa shape index (κ3) is 3.72. The highest BCUT2D eigenvalue weighted by molar-refractivity contribution is 6.25. The Morgan fingerprint density at radius 3 is 1.81 bits per heavy atom. The monoisotopic (exact) mass is 547 g/mol. The molecule has 0 bridgehead atoms. The van der Waals surface area contributed by atoms with Crippen molar-refractivity contribution in [3.8, 4) is 33.4 Å². The van der Waals surface area contributed by atoms with Gasteiger partial charge in [-0.2, -0.15) is 0 Å². The number of hydrogen-bond acceptors (Lipinski definition) is 1. The van der Waals surface area contributed by atoms with Crippen LogP contribution >= 0.6 is 0 Å². The van der Waals surface area contributed by atoms with Gasteiger partial charge in [-0.1, -0.05) is 133 Å². The minimum atomic E-state index is 0.534. The molecule has 1 aromatic heterocycles. The molecule has 9 aromatic rings. The van der Waals surface area contributed by atoms with E-state index in [9.17, 15) is 0 Å². The van der Waals surface area contributed by atoms with Crippen molar-refractivity contribution < 1.29 is 5.79 Å². The highest BCUT2D eigenvalue weighted by Crippen LogP contribution is 2.47. The smallest absolute Gasteiger partial charge is 0.136 e. The van der Waals surface area contributed by atoms with E-state index in [0.717, 1.165) is 32.7 Å². The molecule has 1 heterocycles. The van der Waals surface area contributed by atoms with Crippen LogP contribution in [-0.4, -0.2) is 0 Å². The molecule has 200 valence electrons. The number of furan rings is 1. The molecule has 43 heavy (non-hydrogen) atoms. The van der Waals surface area contributed by atoms with Crippen LogP contribution in [0.3, 0.4) is 0 Å². The second-order valence-electron chi connectivity index (χ2n) is 11.2. The maximum absolute atomic E-state index is 7.98. The molecule has 9 rings (SSSR count). The number of rotatable bonds is 3. The molecule has 0 aliphatic carbocycles. The van der Waals surface area contributed by atoms with E-state index in [2.05, 4.69) is 121 Å². The summed E-state index contributed by atoms with van der Waals surface area (Å²) in [6.45, 7) is 0. The van der Waals surface area contributed by atoms with Crippen LogP contribution < -0.4 is 0 Å². The lowest BCUT2D eigenvalue weighted by Crippen LogP contribution is -1.91. The van der Waals surface area contributed by atoms with E-state index in [1.54, 1.807) is 0 Å². The van der Waals surface area contributed by atoms with Crippen LogP contribution in [-0.2, 0) is 0 Å². The largest absolute Gasteiger partial charge is 0.456 e. The molecule has 1 nitrogen and oxygen atoms in total. The van der Waals surface area contributed by atoms with Crippen LogP contribution in [0.1, 0.15) is 1.37 Å². The van der Waals surface area contributed by atoms with Crippen molar-refractivity contribution in [2.24, 2.45) is 0 Å². The number of para-hydroxylation sites is 1. The van der Waals surface area contributed by atoms with Crippen LogP contribution in [0, 0.1) is 0 Å². The molecule has 0 N–H and O–H groups in total. The summed E-state index contributed by atoms with van der Waals surface area (Å²) < 4.78 is 14.3. The van der Waals surface area contributed by atoms with Gasteiger partial charge in [0.05, 0.1) is 1.37 Å². The summed E-state index contributed by atoms with van der Waals surface area (Å²) in [5.41, 5.74) is 9.00. The molecule has 0 amide bonds. The molecule has 0 spiro atoms. The van der Waals surface area contributed by atoms with Crippen LogP contribution in [0.2, 0.25) is 0 Å². The zero-order chi connectivity index (χ0) is 29.2. The van der Waals surface area contributed by atoms with Crippen molar-refractivity contribution in [2.45, 2.75) is 0 Å². The highest BCUT2D eigenvalue weighted by Gasteiger charge is 2.20. The third-order valence-electron chi connectivity index (χ3n) is 8.77. The topological polar surface area (TPSA) is 13.1 Å². The molecular formula is C42H26O. The molecule has 0 fully saturated rings. The Balaban J connectivity index is 1.32. The van der Waals surface area contributed by atoms with Crippen molar-refractivity contribution in [1.29, 1.82) is 0 Å². The van der Waals surface area contributed by atoms with Gasteiger partial charge in [-0.3, -0.25) is 0 Å². The van der Waals surface area contributed by atoms with Crippen LogP contribution in [0.4, 0.5) is 0 Å². The van der Waals surface area contributed by atoms with Gasteiger partial charge >= 0.3 is 0 Å². The molecule has 0 saturated heterocycles. The Morgan fingerprint density at radius 2 is 1.02 bits per heavy atom. The van der Waals surface area contributed by atoms with Crippen molar-refractivity contribution in [3.63, 3.8) is 0 Å². The summed E-state index contributed by atoms with van der Waals surface area (Å²) in [4.78, 5) is 0. The van der Waals surface area contributed by atoms with Crippen molar-refractivity contribution >= 4 is 54.3 Å². The van der Waals surface area contributed by atoms with Gasteiger partial charge < -0.3 is 4.42 Å². The predicted molar refractivity (Wildman–Crippen MR) is 183 cm³/mol. The SMILES string of the molecule is [2H]c1ccc2cc(-c3cccc(-c4c5ccccc5c(-c5cccc6oc7ccccc7c56)c5ccccc45)c3)ccc2c1. The van der Waals surface area contributed by atoms with Gasteiger partial charge in [0.25, 0.3) is 0 Å². The van der Waals surface area contributed by atoms with Crippen molar-refractivity contribution in [1.82, 2.24) is 0 Å². The number of benzene rings is 8. The van der Waals surface area contributed by atoms with Gasteiger partial charge in [-0.25, -0.2) is 0 Å². The minimum Gasteiger partial charge on any atom is -0.456 e. The molecular weight excluding hydrogens is 520 g/mol. The average molecular weight is 548 g/mol. The first-order valence-corrected chi connectivity index (χ1v) is 14.7. The van der Waals surface area contributed by atoms with Gasteiger partial charge in [0.15, 0.2) is 0 Å². The van der Waals surface area contributed by atoms with E-state index in [0.29, 0.717) is 6.04 Å². The molecule has 0 aliphatic rings. The molecule has 0 saturated carbocycles. The third-order valence-corrected chi connectivity index (χ3v) is 8.77. The van der Waals surface area contributed by atoms with Gasteiger partial charge in [0.2, 0.25) is 0 Å². The Bertz CT molecular complexity index is 2510. The van der Waals surface area contributed by atoms with Gasteiger partial charge in [-0.05, 0) is 90.0 Å². The summed E-state index contributed by atoms with van der Waals surface area (Å²) in [5, 5.41) is 9.42. The molecule has 1 heteroatoms. The van der Waals surface area contributed by atoms with E-state index < -0.39 is 0 Å². The van der Waals surface area contributed by atoms with Crippen molar-refractivity contribution in [2.75, 3.05) is 0 Å². The summed E-state index contributed by atoms with van der Waals surface area (Å²) in [7, 11) is 0. The maximum Gasteiger partial charge on any atom is 0.136 e. The zero-order valence-corrected chi connectivity index (χ0v) is 23.3. The fourth-order valence-corrected chi connectivity index (χ4v) is 6.87. The summed E-state index contributed by atoms with van der Waals surface area (Å²) >= 11 is 0. The average Bonchev–Trinajstić information content (AvgIpc) is 3.46. The van der Waals surface area contributed by atoms with Gasteiger partial charge in [0, 0.05) is 10.8 Å². The predicted octanol–water partition coefficient (Wildman–Crippen LogP) is 12.0. The maximum atomic E-state index is 7.98. The Hall–Kier alpha value is -5.66. The zero-order valence-electron chi connectivity index (χ0n) is 24.3. The normalized spacial score (nSPS) is 12.0. The lowest BCUT2D eigenvalue weighted by Gasteiger charge is -2.18.